The maximum Gasteiger partial charge on any atom is 0.337 e. The van der Waals surface area contributed by atoms with Gasteiger partial charge < -0.3 is 14.7 Å². The Labute approximate surface area is 357 Å². The molecular formula is C55H50N4O2. The number of nitrogens with one attached hydrogen (secondary N) is 2. The molecule has 6 heteroatoms. The number of ether oxygens (including phenoxy) is 1. The number of rotatable bonds is 5. The van der Waals surface area contributed by atoms with Crippen molar-refractivity contribution < 1.29 is 9.53 Å². The molecule has 3 aromatic heterocycles. The van der Waals surface area contributed by atoms with Gasteiger partial charge in [-0.25, -0.2) is 14.8 Å². The van der Waals surface area contributed by atoms with Crippen LogP contribution < -0.4 is 0 Å². The number of esters is 1. The Balaban J connectivity index is 1.52. The van der Waals surface area contributed by atoms with Gasteiger partial charge in [0.15, 0.2) is 0 Å². The molecule has 0 aliphatic carbocycles. The lowest BCUT2D eigenvalue weighted by atomic mass is 9.92. The minimum atomic E-state index is -0.395. The van der Waals surface area contributed by atoms with E-state index in [1.807, 2.05) is 18.2 Å². The quantitative estimate of drug-likeness (QED) is 0.170. The number of carbonyl (C=O) groups is 1. The van der Waals surface area contributed by atoms with Crippen molar-refractivity contribution in [3.8, 4) is 44.5 Å². The number of hydrogen-bond donors (Lipinski definition) is 2. The number of aryl methyl sites for hydroxylation is 9. The van der Waals surface area contributed by atoms with Crippen LogP contribution in [0.3, 0.4) is 0 Å². The summed E-state index contributed by atoms with van der Waals surface area (Å²) in [6, 6.07) is 29.8. The number of aromatic amines is 2. The molecule has 302 valence electrons. The Kier molecular flexibility index (Phi) is 9.82. The Hall–Kier alpha value is -7.05. The van der Waals surface area contributed by atoms with E-state index in [4.69, 9.17) is 14.7 Å². The van der Waals surface area contributed by atoms with E-state index in [0.29, 0.717) is 5.56 Å². The van der Waals surface area contributed by atoms with Crippen LogP contribution in [-0.4, -0.2) is 33.0 Å². The Morgan fingerprint density at radius 2 is 0.754 bits per heavy atom. The molecule has 2 aliphatic rings. The van der Waals surface area contributed by atoms with E-state index < -0.39 is 5.97 Å². The summed E-state index contributed by atoms with van der Waals surface area (Å²) in [5, 5.41) is 0. The highest BCUT2D eigenvalue weighted by Gasteiger charge is 2.23. The minimum absolute atomic E-state index is 0.395. The van der Waals surface area contributed by atoms with E-state index >= 15 is 0 Å². The summed E-state index contributed by atoms with van der Waals surface area (Å²) in [6.45, 7) is 19.6. The van der Waals surface area contributed by atoms with Gasteiger partial charge in [0.25, 0.3) is 0 Å². The highest BCUT2D eigenvalue weighted by Crippen LogP contribution is 2.42. The van der Waals surface area contributed by atoms with Crippen molar-refractivity contribution in [2.45, 2.75) is 62.3 Å². The van der Waals surface area contributed by atoms with Crippen LogP contribution in [0.1, 0.15) is 83.2 Å². The molecular weight excluding hydrogens is 749 g/mol. The van der Waals surface area contributed by atoms with E-state index in [9.17, 15) is 4.79 Å². The highest BCUT2D eigenvalue weighted by molar-refractivity contribution is 6.02. The fraction of sp³-hybridized carbons (Fsp3) is 0.182. The van der Waals surface area contributed by atoms with Crippen LogP contribution >= 0.6 is 0 Å². The second kappa shape index (κ2) is 15.2. The predicted octanol–water partition coefficient (Wildman–Crippen LogP) is 13.9. The van der Waals surface area contributed by atoms with Crippen LogP contribution in [0.2, 0.25) is 0 Å². The fourth-order valence-electron chi connectivity index (χ4n) is 9.94. The van der Waals surface area contributed by atoms with Crippen LogP contribution in [0.5, 0.6) is 0 Å². The lowest BCUT2D eigenvalue weighted by molar-refractivity contribution is 0.0600. The zero-order chi connectivity index (χ0) is 42.9. The lowest BCUT2D eigenvalue weighted by Crippen LogP contribution is -2.01. The molecule has 4 aromatic carbocycles. The van der Waals surface area contributed by atoms with Crippen molar-refractivity contribution in [1.29, 1.82) is 0 Å². The smallest absolute Gasteiger partial charge is 0.337 e. The molecule has 0 atom stereocenters. The van der Waals surface area contributed by atoms with E-state index in [1.165, 1.54) is 62.7 Å². The maximum atomic E-state index is 12.9. The van der Waals surface area contributed by atoms with Crippen LogP contribution in [0.25, 0.3) is 90.9 Å². The summed E-state index contributed by atoms with van der Waals surface area (Å²) in [5.74, 6) is -0.395. The second-order valence-corrected chi connectivity index (χ2v) is 16.9. The molecule has 0 unspecified atom stereocenters. The Morgan fingerprint density at radius 1 is 0.426 bits per heavy atom. The Bertz CT molecular complexity index is 3120. The fourth-order valence-corrected chi connectivity index (χ4v) is 9.94. The molecule has 0 saturated carbocycles. The van der Waals surface area contributed by atoms with Crippen molar-refractivity contribution in [3.05, 3.63) is 163 Å². The molecule has 0 saturated heterocycles. The minimum Gasteiger partial charge on any atom is -0.465 e. The molecule has 0 spiro atoms. The normalized spacial score (nSPS) is 12.0. The van der Waals surface area contributed by atoms with Crippen molar-refractivity contribution in [1.82, 2.24) is 19.9 Å². The van der Waals surface area contributed by atoms with Crippen molar-refractivity contribution >= 4 is 52.3 Å². The van der Waals surface area contributed by atoms with Crippen molar-refractivity contribution in [2.24, 2.45) is 0 Å². The molecule has 9 rings (SSSR count). The summed E-state index contributed by atoms with van der Waals surface area (Å²) in [4.78, 5) is 31.8. The van der Waals surface area contributed by atoms with Gasteiger partial charge in [0.2, 0.25) is 0 Å². The van der Waals surface area contributed by atoms with Crippen LogP contribution in [0, 0.1) is 62.3 Å². The van der Waals surface area contributed by atoms with Gasteiger partial charge in [-0.3, -0.25) is 0 Å². The SMILES string of the molecule is COC(=O)c1cccc(-c2c3nc(c(-c4c(C)cc(C)cc4C)c4ccc([nH]4)c(-c4c(C)cc(C)cc4C)c4nc(c(-c5c(C)cc(C)cc5C)c5ccc2[nH]5)C=C4)C=C3)c1. The number of nitrogens with zero attached hydrogens (tertiary/aromatic N) is 2. The monoisotopic (exact) mass is 798 g/mol. The number of aromatic nitrogens is 4. The Morgan fingerprint density at radius 3 is 1.10 bits per heavy atom. The molecule has 7 aromatic rings. The number of carbonyl (C=O) groups excluding carboxylic acids is 1. The van der Waals surface area contributed by atoms with Gasteiger partial charge in [0, 0.05) is 44.3 Å². The second-order valence-electron chi connectivity index (χ2n) is 16.9. The molecule has 2 aliphatic heterocycles. The van der Waals surface area contributed by atoms with Gasteiger partial charge in [-0.1, -0.05) is 65.2 Å². The standard InChI is InChI=1S/C55H50N4O2/c1-29-22-32(4)48(33(5)23-29)52-42-16-14-40(56-42)51(38-12-11-13-39(28-38)55(60)61-10)41-15-17-43(57-41)53(49-34(6)24-30(2)25-35(49)7)45-19-21-47(59-45)54(46-20-18-44(52)58-46)50-36(8)26-31(3)27-37(50)9/h11-28,56,59H,1-10H3. The molecule has 0 radical (unpaired) electrons. The summed E-state index contributed by atoms with van der Waals surface area (Å²) in [5.41, 5.74) is 26.6. The molecule has 0 amide bonds. The predicted molar refractivity (Wildman–Crippen MR) is 255 cm³/mol. The van der Waals surface area contributed by atoms with Crippen LogP contribution in [0.15, 0.2) is 84.9 Å². The molecule has 2 N–H and O–H groups in total. The summed E-state index contributed by atoms with van der Waals surface area (Å²) < 4.78 is 5.17. The largest absolute Gasteiger partial charge is 0.465 e. The number of fused-ring (bicyclic) bond motifs is 8. The lowest BCUT2D eigenvalue weighted by Gasteiger charge is -2.14. The third-order valence-corrected chi connectivity index (χ3v) is 12.1. The maximum absolute atomic E-state index is 12.9. The van der Waals surface area contributed by atoms with E-state index in [-0.39, 0.29) is 0 Å². The van der Waals surface area contributed by atoms with Gasteiger partial charge in [0.1, 0.15) is 0 Å². The zero-order valence-electron chi connectivity index (χ0n) is 36.6. The van der Waals surface area contributed by atoms with Gasteiger partial charge in [-0.05, 0) is 179 Å². The number of hydrogen-bond acceptors (Lipinski definition) is 4. The van der Waals surface area contributed by atoms with Crippen molar-refractivity contribution in [3.63, 3.8) is 0 Å². The van der Waals surface area contributed by atoms with E-state index in [0.717, 1.165) is 83.8 Å². The first-order chi connectivity index (χ1) is 29.3. The van der Waals surface area contributed by atoms with Gasteiger partial charge in [-0.15, -0.1) is 0 Å². The molecule has 61 heavy (non-hydrogen) atoms. The third kappa shape index (κ3) is 6.92. The van der Waals surface area contributed by atoms with E-state index in [1.54, 1.807) is 6.07 Å². The molecule has 5 heterocycles. The van der Waals surface area contributed by atoms with Gasteiger partial charge in [0.05, 0.1) is 35.4 Å². The number of methoxy groups -OCH3 is 1. The van der Waals surface area contributed by atoms with E-state index in [2.05, 4.69) is 157 Å². The third-order valence-electron chi connectivity index (χ3n) is 12.1. The summed E-state index contributed by atoms with van der Waals surface area (Å²) in [6.07, 6.45) is 8.55. The first kappa shape index (κ1) is 39.4. The van der Waals surface area contributed by atoms with Gasteiger partial charge in [-0.2, -0.15) is 0 Å². The summed E-state index contributed by atoms with van der Waals surface area (Å²) >= 11 is 0. The average molecular weight is 799 g/mol. The first-order valence-electron chi connectivity index (χ1n) is 20.9. The number of H-pyrrole nitrogens is 2. The van der Waals surface area contributed by atoms with Crippen molar-refractivity contribution in [2.75, 3.05) is 7.11 Å². The summed E-state index contributed by atoms with van der Waals surface area (Å²) in [7, 11) is 1.41. The van der Waals surface area contributed by atoms with Crippen LogP contribution in [0.4, 0.5) is 0 Å². The number of benzene rings is 4. The first-order valence-corrected chi connectivity index (χ1v) is 20.9. The zero-order valence-corrected chi connectivity index (χ0v) is 36.6. The molecule has 0 fully saturated rings. The van der Waals surface area contributed by atoms with Gasteiger partial charge >= 0.3 is 5.97 Å². The molecule has 8 bridgehead atoms. The average Bonchev–Trinajstić information content (AvgIpc) is 4.05. The van der Waals surface area contributed by atoms with Crippen LogP contribution in [-0.2, 0) is 4.74 Å². The topological polar surface area (TPSA) is 83.7 Å². The highest BCUT2D eigenvalue weighted by atomic mass is 16.5. The molecule has 6 nitrogen and oxygen atoms in total.